The Labute approximate surface area is 100 Å². The Morgan fingerprint density at radius 3 is 3.25 bits per heavy atom. The molecule has 0 radical (unpaired) electrons. The molecule has 3 heteroatoms. The molecule has 1 N–H and O–H groups in total. The molecule has 1 atom stereocenters. The largest absolute Gasteiger partial charge is 0.388 e. The monoisotopic (exact) mass is 232 g/mol. The Balaban J connectivity index is 1.92. The number of rotatable bonds is 1. The summed E-state index contributed by atoms with van der Waals surface area (Å²) < 4.78 is 0. The fraction of sp³-hybridized carbons (Fsp3) is 0.462. The van der Waals surface area contributed by atoms with E-state index < -0.39 is 0 Å². The van der Waals surface area contributed by atoms with Crippen molar-refractivity contribution in [2.24, 2.45) is 0 Å². The van der Waals surface area contributed by atoms with Gasteiger partial charge in [-0.2, -0.15) is 0 Å². The molecule has 1 aromatic rings. The van der Waals surface area contributed by atoms with Gasteiger partial charge in [0, 0.05) is 18.2 Å². The summed E-state index contributed by atoms with van der Waals surface area (Å²) in [5.41, 5.74) is 2.64. The first kappa shape index (κ1) is 10.1. The molecule has 2 heterocycles. The zero-order valence-electron chi connectivity index (χ0n) is 9.49. The van der Waals surface area contributed by atoms with Crippen LogP contribution in [0.2, 0.25) is 0 Å². The minimum Gasteiger partial charge on any atom is -0.388 e. The third kappa shape index (κ3) is 1.80. The number of aromatic nitrogens is 1. The van der Waals surface area contributed by atoms with Crippen LogP contribution in [-0.4, -0.2) is 11.5 Å². The standard InChI is InChI=1S/C13H16N2S/c1-9-4-2-6-11-13(9)15-12(16-11)8-10-5-3-7-14-10/h2,6,8-9,14H,3-5,7H2,1H3/b10-8-. The van der Waals surface area contributed by atoms with Crippen LogP contribution >= 0.6 is 11.3 Å². The van der Waals surface area contributed by atoms with Gasteiger partial charge < -0.3 is 5.32 Å². The highest BCUT2D eigenvalue weighted by Crippen LogP contribution is 2.33. The Kier molecular flexibility index (Phi) is 2.56. The van der Waals surface area contributed by atoms with Crippen LogP contribution in [-0.2, 0) is 0 Å². The van der Waals surface area contributed by atoms with Gasteiger partial charge in [-0.15, -0.1) is 11.3 Å². The van der Waals surface area contributed by atoms with E-state index in [0.29, 0.717) is 5.92 Å². The van der Waals surface area contributed by atoms with E-state index in [-0.39, 0.29) is 0 Å². The predicted octanol–water partition coefficient (Wildman–Crippen LogP) is 3.39. The second-order valence-electron chi connectivity index (χ2n) is 4.54. The lowest BCUT2D eigenvalue weighted by Gasteiger charge is -2.10. The van der Waals surface area contributed by atoms with E-state index >= 15 is 0 Å². The van der Waals surface area contributed by atoms with Crippen LogP contribution in [0.3, 0.4) is 0 Å². The molecule has 0 spiro atoms. The Morgan fingerprint density at radius 1 is 1.56 bits per heavy atom. The van der Waals surface area contributed by atoms with Crippen molar-refractivity contribution < 1.29 is 0 Å². The maximum Gasteiger partial charge on any atom is 0.118 e. The van der Waals surface area contributed by atoms with Crippen LogP contribution in [0.5, 0.6) is 0 Å². The van der Waals surface area contributed by atoms with Crippen molar-refractivity contribution in [2.45, 2.75) is 32.1 Å². The van der Waals surface area contributed by atoms with Gasteiger partial charge in [0.05, 0.1) is 10.6 Å². The van der Waals surface area contributed by atoms with Crippen molar-refractivity contribution in [1.29, 1.82) is 0 Å². The highest BCUT2D eigenvalue weighted by atomic mass is 32.1. The lowest BCUT2D eigenvalue weighted by Crippen LogP contribution is -2.02. The molecule has 3 rings (SSSR count). The molecular formula is C13H16N2S. The van der Waals surface area contributed by atoms with Gasteiger partial charge >= 0.3 is 0 Å². The van der Waals surface area contributed by atoms with E-state index in [2.05, 4.69) is 30.5 Å². The third-order valence-corrected chi connectivity index (χ3v) is 4.18. The Morgan fingerprint density at radius 2 is 2.50 bits per heavy atom. The second kappa shape index (κ2) is 4.06. The van der Waals surface area contributed by atoms with E-state index in [1.54, 1.807) is 0 Å². The molecule has 1 unspecified atom stereocenters. The molecule has 1 aliphatic heterocycles. The van der Waals surface area contributed by atoms with E-state index in [1.165, 1.54) is 29.1 Å². The van der Waals surface area contributed by atoms with Gasteiger partial charge in [-0.1, -0.05) is 13.0 Å². The van der Waals surface area contributed by atoms with Crippen LogP contribution in [0.1, 0.15) is 47.7 Å². The lowest BCUT2D eigenvalue weighted by atomic mass is 9.98. The van der Waals surface area contributed by atoms with E-state index in [4.69, 9.17) is 4.98 Å². The molecule has 1 aromatic heterocycles. The lowest BCUT2D eigenvalue weighted by molar-refractivity contribution is 0.747. The van der Waals surface area contributed by atoms with Crippen LogP contribution < -0.4 is 5.32 Å². The zero-order valence-corrected chi connectivity index (χ0v) is 10.3. The summed E-state index contributed by atoms with van der Waals surface area (Å²) in [7, 11) is 0. The number of hydrogen-bond donors (Lipinski definition) is 1. The molecule has 1 fully saturated rings. The number of hydrogen-bond acceptors (Lipinski definition) is 3. The Bertz CT molecular complexity index is 448. The van der Waals surface area contributed by atoms with Gasteiger partial charge in [-0.05, 0) is 31.4 Å². The summed E-state index contributed by atoms with van der Waals surface area (Å²) in [6.07, 6.45) is 10.3. The minimum absolute atomic E-state index is 0.583. The van der Waals surface area contributed by atoms with Gasteiger partial charge in [0.25, 0.3) is 0 Å². The highest BCUT2D eigenvalue weighted by molar-refractivity contribution is 7.13. The van der Waals surface area contributed by atoms with Crippen molar-refractivity contribution in [3.63, 3.8) is 0 Å². The maximum absolute atomic E-state index is 4.75. The molecule has 16 heavy (non-hydrogen) atoms. The molecule has 1 saturated heterocycles. The number of fused-ring (bicyclic) bond motifs is 1. The molecule has 84 valence electrons. The van der Waals surface area contributed by atoms with Gasteiger partial charge in [-0.3, -0.25) is 0 Å². The topological polar surface area (TPSA) is 24.9 Å². The summed E-state index contributed by atoms with van der Waals surface area (Å²) >= 11 is 1.81. The van der Waals surface area contributed by atoms with Crippen LogP contribution in [0, 0.1) is 0 Å². The molecule has 0 saturated carbocycles. The maximum atomic E-state index is 4.75. The van der Waals surface area contributed by atoms with Gasteiger partial charge in [0.15, 0.2) is 0 Å². The van der Waals surface area contributed by atoms with Crippen molar-refractivity contribution in [1.82, 2.24) is 10.3 Å². The van der Waals surface area contributed by atoms with Crippen molar-refractivity contribution in [3.8, 4) is 0 Å². The first-order chi connectivity index (χ1) is 7.83. The first-order valence-corrected chi connectivity index (χ1v) is 6.76. The number of allylic oxidation sites excluding steroid dienone is 2. The smallest absolute Gasteiger partial charge is 0.118 e. The van der Waals surface area contributed by atoms with Crippen LogP contribution in [0.25, 0.3) is 12.2 Å². The molecule has 2 aliphatic rings. The summed E-state index contributed by atoms with van der Waals surface area (Å²) in [5.74, 6) is 0.583. The summed E-state index contributed by atoms with van der Waals surface area (Å²) in [6.45, 7) is 3.38. The van der Waals surface area contributed by atoms with Gasteiger partial charge in [0.1, 0.15) is 5.01 Å². The summed E-state index contributed by atoms with van der Waals surface area (Å²) in [6, 6.07) is 0. The third-order valence-electron chi connectivity index (χ3n) is 3.20. The summed E-state index contributed by atoms with van der Waals surface area (Å²) in [5, 5.41) is 4.57. The molecule has 0 bridgehead atoms. The van der Waals surface area contributed by atoms with Gasteiger partial charge in [0.2, 0.25) is 0 Å². The normalized spacial score (nSPS) is 25.8. The van der Waals surface area contributed by atoms with Crippen LogP contribution in [0.4, 0.5) is 0 Å². The average molecular weight is 232 g/mol. The number of thiazole rings is 1. The van der Waals surface area contributed by atoms with E-state index in [0.717, 1.165) is 18.0 Å². The van der Waals surface area contributed by atoms with E-state index in [1.807, 2.05) is 11.3 Å². The first-order valence-electron chi connectivity index (χ1n) is 5.94. The Hall–Kier alpha value is -1.09. The quantitative estimate of drug-likeness (QED) is 0.803. The molecule has 1 aliphatic carbocycles. The van der Waals surface area contributed by atoms with Gasteiger partial charge in [-0.25, -0.2) is 4.98 Å². The minimum atomic E-state index is 0.583. The van der Waals surface area contributed by atoms with E-state index in [9.17, 15) is 0 Å². The highest BCUT2D eigenvalue weighted by Gasteiger charge is 2.17. The van der Waals surface area contributed by atoms with Crippen LogP contribution in [0.15, 0.2) is 11.8 Å². The fourth-order valence-electron chi connectivity index (χ4n) is 2.28. The molecule has 0 amide bonds. The van der Waals surface area contributed by atoms with Crippen molar-refractivity contribution in [3.05, 3.63) is 27.4 Å². The molecule has 2 nitrogen and oxygen atoms in total. The molecular weight excluding hydrogens is 216 g/mol. The summed E-state index contributed by atoms with van der Waals surface area (Å²) in [4.78, 5) is 6.10. The predicted molar refractivity (Wildman–Crippen MR) is 69.4 cm³/mol. The number of nitrogens with zero attached hydrogens (tertiary/aromatic N) is 1. The molecule has 0 aromatic carbocycles. The van der Waals surface area contributed by atoms with Crippen molar-refractivity contribution in [2.75, 3.05) is 6.54 Å². The number of nitrogens with one attached hydrogen (secondary N) is 1. The average Bonchev–Trinajstić information content (AvgIpc) is 2.88. The zero-order chi connectivity index (χ0) is 11.0. The SMILES string of the molecule is CC1CC=Cc2sc(/C=C3/CCCN3)nc21. The second-order valence-corrected chi connectivity index (χ2v) is 5.60. The fourth-order valence-corrected chi connectivity index (χ4v) is 3.36. The van der Waals surface area contributed by atoms with Crippen molar-refractivity contribution >= 4 is 23.5 Å².